The van der Waals surface area contributed by atoms with E-state index >= 15 is 0 Å². The summed E-state index contributed by atoms with van der Waals surface area (Å²) >= 11 is 3.35. The van der Waals surface area contributed by atoms with Crippen molar-refractivity contribution >= 4 is 22.1 Å². The Hall–Kier alpha value is -0.110. The van der Waals surface area contributed by atoms with Gasteiger partial charge < -0.3 is 0 Å². The van der Waals surface area contributed by atoms with Gasteiger partial charge in [0, 0.05) is 18.1 Å². The van der Waals surface area contributed by atoms with E-state index in [0.29, 0.717) is 0 Å². The van der Waals surface area contributed by atoms with E-state index in [-0.39, 0.29) is 0 Å². The number of hydrogen-bond donors (Lipinski definition) is 0. The first kappa shape index (κ1) is 9.89. The highest BCUT2D eigenvalue weighted by atomic mass is 79.9. The monoisotopic (exact) mass is 203 g/mol. The molecule has 0 bridgehead atoms. The van der Waals surface area contributed by atoms with Crippen LogP contribution < -0.4 is 0 Å². The number of rotatable bonds is 4. The highest BCUT2D eigenvalue weighted by molar-refractivity contribution is 9.09. The van der Waals surface area contributed by atoms with Gasteiger partial charge >= 0.3 is 0 Å². The van der Waals surface area contributed by atoms with Crippen molar-refractivity contribution in [3.8, 4) is 0 Å². The second-order valence-electron chi connectivity index (χ2n) is 2.20. The van der Waals surface area contributed by atoms with E-state index in [1.165, 1.54) is 5.57 Å². The highest BCUT2D eigenvalue weighted by Crippen LogP contribution is 1.94. The summed E-state index contributed by atoms with van der Waals surface area (Å²) in [5, 5.41) is 0.936. The molecule has 0 spiro atoms. The number of halogens is 1. The van der Waals surface area contributed by atoms with E-state index in [0.717, 1.165) is 18.3 Å². The molecule has 0 unspecified atom stereocenters. The van der Waals surface area contributed by atoms with Gasteiger partial charge in [-0.15, -0.1) is 0 Å². The fourth-order valence-corrected chi connectivity index (χ4v) is 0.615. The van der Waals surface area contributed by atoms with Crippen molar-refractivity contribution in [1.82, 2.24) is 0 Å². The SMILES string of the molecule is CCCN=C/C=C(\C)CBr. The molecule has 0 amide bonds. The molecule has 0 aliphatic carbocycles. The van der Waals surface area contributed by atoms with Crippen LogP contribution >= 0.6 is 15.9 Å². The van der Waals surface area contributed by atoms with Crippen LogP contribution in [0.3, 0.4) is 0 Å². The first-order chi connectivity index (χ1) is 4.81. The van der Waals surface area contributed by atoms with Crippen molar-refractivity contribution in [2.75, 3.05) is 11.9 Å². The minimum absolute atomic E-state index is 0.936. The molecule has 0 fully saturated rings. The zero-order chi connectivity index (χ0) is 7.82. The lowest BCUT2D eigenvalue weighted by Crippen LogP contribution is -1.79. The van der Waals surface area contributed by atoms with E-state index in [4.69, 9.17) is 0 Å². The first-order valence-corrected chi connectivity index (χ1v) is 4.65. The number of aliphatic imine (C=N–C) groups is 1. The van der Waals surface area contributed by atoms with Crippen LogP contribution in [-0.2, 0) is 0 Å². The molecule has 0 aromatic carbocycles. The Labute approximate surface area is 71.4 Å². The second kappa shape index (κ2) is 7.00. The molecule has 0 aliphatic heterocycles. The second-order valence-corrected chi connectivity index (χ2v) is 2.76. The molecule has 2 heteroatoms. The largest absolute Gasteiger partial charge is 0.293 e. The molecule has 0 atom stereocenters. The molecule has 0 aromatic heterocycles. The summed E-state index contributed by atoms with van der Waals surface area (Å²) < 4.78 is 0. The van der Waals surface area contributed by atoms with Gasteiger partial charge in [0.2, 0.25) is 0 Å². The first-order valence-electron chi connectivity index (χ1n) is 3.52. The molecule has 0 saturated carbocycles. The average molecular weight is 204 g/mol. The normalized spacial score (nSPS) is 12.9. The lowest BCUT2D eigenvalue weighted by atomic mass is 10.3. The summed E-state index contributed by atoms with van der Waals surface area (Å²) in [6.07, 6.45) is 5.03. The Morgan fingerprint density at radius 1 is 1.60 bits per heavy atom. The summed E-state index contributed by atoms with van der Waals surface area (Å²) in [6, 6.07) is 0. The number of nitrogens with zero attached hydrogens (tertiary/aromatic N) is 1. The predicted octanol–water partition coefficient (Wildman–Crippen LogP) is 2.81. The molecular formula is C8H14BrN. The van der Waals surface area contributed by atoms with E-state index in [1.54, 1.807) is 0 Å². The molecular weight excluding hydrogens is 190 g/mol. The topological polar surface area (TPSA) is 12.4 Å². The third-order valence-electron chi connectivity index (χ3n) is 1.03. The lowest BCUT2D eigenvalue weighted by Gasteiger charge is -1.87. The third kappa shape index (κ3) is 6.02. The lowest BCUT2D eigenvalue weighted by molar-refractivity contribution is 0.937. The van der Waals surface area contributed by atoms with Gasteiger partial charge in [0.1, 0.15) is 0 Å². The standard InChI is InChI=1S/C8H14BrN/c1-3-5-10-6-4-8(2)7-9/h4,6H,3,5,7H2,1-2H3/b8-4+,10-6?. The predicted molar refractivity (Wildman–Crippen MR) is 51.2 cm³/mol. The average Bonchev–Trinajstić information content (AvgIpc) is 1.98. The molecule has 0 saturated heterocycles. The zero-order valence-electron chi connectivity index (χ0n) is 6.60. The van der Waals surface area contributed by atoms with Crippen LogP contribution in [0.2, 0.25) is 0 Å². The van der Waals surface area contributed by atoms with Crippen molar-refractivity contribution in [2.45, 2.75) is 20.3 Å². The van der Waals surface area contributed by atoms with Crippen molar-refractivity contribution in [3.05, 3.63) is 11.6 Å². The Balaban J connectivity index is 3.49. The van der Waals surface area contributed by atoms with Gasteiger partial charge in [0.25, 0.3) is 0 Å². The van der Waals surface area contributed by atoms with Crippen LogP contribution in [0.4, 0.5) is 0 Å². The van der Waals surface area contributed by atoms with Gasteiger partial charge in [0.05, 0.1) is 0 Å². The summed E-state index contributed by atoms with van der Waals surface area (Å²) in [5.74, 6) is 0. The maximum absolute atomic E-state index is 4.16. The molecule has 0 rings (SSSR count). The molecule has 1 nitrogen and oxygen atoms in total. The van der Waals surface area contributed by atoms with E-state index < -0.39 is 0 Å². The van der Waals surface area contributed by atoms with Crippen LogP contribution in [0.1, 0.15) is 20.3 Å². The van der Waals surface area contributed by atoms with Crippen molar-refractivity contribution in [2.24, 2.45) is 4.99 Å². The Morgan fingerprint density at radius 3 is 2.80 bits per heavy atom. The van der Waals surface area contributed by atoms with Crippen molar-refractivity contribution < 1.29 is 0 Å². The Kier molecular flexibility index (Phi) is 6.93. The fourth-order valence-electron chi connectivity index (χ4n) is 0.428. The molecule has 0 heterocycles. The van der Waals surface area contributed by atoms with Gasteiger partial charge in [-0.25, -0.2) is 0 Å². The van der Waals surface area contributed by atoms with Crippen molar-refractivity contribution in [3.63, 3.8) is 0 Å². The summed E-state index contributed by atoms with van der Waals surface area (Å²) in [7, 11) is 0. The molecule has 0 aliphatic rings. The summed E-state index contributed by atoms with van der Waals surface area (Å²) in [4.78, 5) is 4.16. The van der Waals surface area contributed by atoms with Gasteiger partial charge in [-0.05, 0) is 19.4 Å². The summed E-state index contributed by atoms with van der Waals surface area (Å²) in [5.41, 5.74) is 1.31. The van der Waals surface area contributed by atoms with Gasteiger partial charge in [0.15, 0.2) is 0 Å². The molecule has 0 aromatic rings. The van der Waals surface area contributed by atoms with Crippen LogP contribution in [0, 0.1) is 0 Å². The van der Waals surface area contributed by atoms with E-state index in [9.17, 15) is 0 Å². The smallest absolute Gasteiger partial charge is 0.0386 e. The van der Waals surface area contributed by atoms with Gasteiger partial charge in [-0.3, -0.25) is 4.99 Å². The minimum Gasteiger partial charge on any atom is -0.293 e. The highest BCUT2D eigenvalue weighted by Gasteiger charge is 1.79. The van der Waals surface area contributed by atoms with Gasteiger partial charge in [-0.1, -0.05) is 28.4 Å². The third-order valence-corrected chi connectivity index (χ3v) is 1.91. The number of hydrogen-bond acceptors (Lipinski definition) is 1. The van der Waals surface area contributed by atoms with E-state index in [1.807, 2.05) is 12.3 Å². The molecule has 10 heavy (non-hydrogen) atoms. The van der Waals surface area contributed by atoms with Crippen LogP contribution in [-0.4, -0.2) is 18.1 Å². The number of alkyl halides is 1. The zero-order valence-corrected chi connectivity index (χ0v) is 8.19. The van der Waals surface area contributed by atoms with E-state index in [2.05, 4.69) is 34.8 Å². The summed E-state index contributed by atoms with van der Waals surface area (Å²) in [6.45, 7) is 5.14. The Morgan fingerprint density at radius 2 is 2.30 bits per heavy atom. The van der Waals surface area contributed by atoms with Crippen molar-refractivity contribution in [1.29, 1.82) is 0 Å². The number of allylic oxidation sites excluding steroid dienone is 2. The maximum Gasteiger partial charge on any atom is 0.0386 e. The Bertz CT molecular complexity index is 127. The molecule has 0 N–H and O–H groups in total. The van der Waals surface area contributed by atoms with Crippen LogP contribution in [0.15, 0.2) is 16.6 Å². The minimum atomic E-state index is 0.936. The fraction of sp³-hybridized carbons (Fsp3) is 0.625. The van der Waals surface area contributed by atoms with Crippen LogP contribution in [0.25, 0.3) is 0 Å². The maximum atomic E-state index is 4.16. The van der Waals surface area contributed by atoms with Gasteiger partial charge in [-0.2, -0.15) is 0 Å². The molecule has 0 radical (unpaired) electrons. The van der Waals surface area contributed by atoms with Crippen LogP contribution in [0.5, 0.6) is 0 Å². The quantitative estimate of drug-likeness (QED) is 0.493. The molecule has 58 valence electrons.